The second-order valence-electron chi connectivity index (χ2n) is 3.63. The second-order valence-corrected chi connectivity index (χ2v) is 4.45. The molecule has 1 heterocycles. The summed E-state index contributed by atoms with van der Waals surface area (Å²) in [5, 5.41) is 2.57. The molecule has 1 N–H and O–H groups in total. The minimum atomic E-state index is -0.842. The van der Waals surface area contributed by atoms with Crippen molar-refractivity contribution >= 4 is 29.1 Å². The van der Waals surface area contributed by atoms with Gasteiger partial charge in [-0.2, -0.15) is 9.37 Å². The second kappa shape index (κ2) is 6.75. The molecule has 1 amide bonds. The Bertz CT molecular complexity index is 443. The van der Waals surface area contributed by atoms with E-state index in [1.165, 1.54) is 13.0 Å². The van der Waals surface area contributed by atoms with E-state index in [2.05, 4.69) is 10.3 Å². The highest BCUT2D eigenvalue weighted by molar-refractivity contribution is 6.35. The number of carbonyl (C=O) groups excluding carboxylic acids is 1. The molecule has 0 aliphatic carbocycles. The third kappa shape index (κ3) is 4.31. The van der Waals surface area contributed by atoms with Crippen LogP contribution in [0.1, 0.15) is 20.3 Å². The average Bonchev–Trinajstić information content (AvgIpc) is 2.30. The van der Waals surface area contributed by atoms with E-state index in [1.807, 2.05) is 6.92 Å². The van der Waals surface area contributed by atoms with Gasteiger partial charge in [0, 0.05) is 6.92 Å². The zero-order chi connectivity index (χ0) is 13.7. The number of nitrogens with one attached hydrogen (secondary N) is 1. The Morgan fingerprint density at radius 1 is 1.56 bits per heavy atom. The van der Waals surface area contributed by atoms with Crippen LogP contribution in [0.2, 0.25) is 10.0 Å². The predicted octanol–water partition coefficient (Wildman–Crippen LogP) is 2.82. The standard InChI is InChI=1S/C11H13Cl2FN2O2/c1-3-7(5-15-6(2)17)18-11-9(13)4-8(12)10(14)16-11/h4,7H,3,5H2,1-2H3,(H,15,17). The molecule has 7 heteroatoms. The van der Waals surface area contributed by atoms with Gasteiger partial charge in [-0.25, -0.2) is 0 Å². The number of aromatic nitrogens is 1. The molecule has 1 aromatic heterocycles. The van der Waals surface area contributed by atoms with Crippen molar-refractivity contribution < 1.29 is 13.9 Å². The monoisotopic (exact) mass is 294 g/mol. The summed E-state index contributed by atoms with van der Waals surface area (Å²) in [4.78, 5) is 14.3. The summed E-state index contributed by atoms with van der Waals surface area (Å²) in [6.45, 7) is 3.57. The molecule has 4 nitrogen and oxygen atoms in total. The van der Waals surface area contributed by atoms with Crippen molar-refractivity contribution in [3.63, 3.8) is 0 Å². The van der Waals surface area contributed by atoms with Crippen molar-refractivity contribution in [2.75, 3.05) is 6.54 Å². The summed E-state index contributed by atoms with van der Waals surface area (Å²) in [5.41, 5.74) is 0. The molecule has 1 rings (SSSR count). The molecule has 100 valence electrons. The van der Waals surface area contributed by atoms with Gasteiger partial charge >= 0.3 is 0 Å². The fraction of sp³-hybridized carbons (Fsp3) is 0.455. The molecule has 0 saturated carbocycles. The lowest BCUT2D eigenvalue weighted by Gasteiger charge is -2.17. The van der Waals surface area contributed by atoms with Crippen molar-refractivity contribution in [1.82, 2.24) is 10.3 Å². The summed E-state index contributed by atoms with van der Waals surface area (Å²) in [6.07, 6.45) is 0.280. The van der Waals surface area contributed by atoms with Crippen LogP contribution in [0, 0.1) is 5.95 Å². The van der Waals surface area contributed by atoms with Crippen molar-refractivity contribution in [1.29, 1.82) is 0 Å². The number of halogens is 3. The Kier molecular flexibility index (Phi) is 5.62. The summed E-state index contributed by atoms with van der Waals surface area (Å²) >= 11 is 11.4. The smallest absolute Gasteiger partial charge is 0.235 e. The SMILES string of the molecule is CCC(CNC(C)=O)Oc1nc(F)c(Cl)cc1Cl. The maximum absolute atomic E-state index is 13.2. The number of hydrogen-bond donors (Lipinski definition) is 1. The average molecular weight is 295 g/mol. The van der Waals surface area contributed by atoms with Crippen molar-refractivity contribution in [2.24, 2.45) is 0 Å². The molecule has 0 aliphatic rings. The Balaban J connectivity index is 2.75. The Morgan fingerprint density at radius 2 is 2.22 bits per heavy atom. The Hall–Kier alpha value is -1.07. The van der Waals surface area contributed by atoms with Gasteiger partial charge in [0.15, 0.2) is 0 Å². The molecule has 0 radical (unpaired) electrons. The predicted molar refractivity (Wildman–Crippen MR) is 67.6 cm³/mol. The topological polar surface area (TPSA) is 51.2 Å². The summed E-state index contributed by atoms with van der Waals surface area (Å²) < 4.78 is 18.6. The third-order valence-electron chi connectivity index (χ3n) is 2.17. The first-order chi connectivity index (χ1) is 8.43. The normalized spacial score (nSPS) is 12.1. The number of hydrogen-bond acceptors (Lipinski definition) is 3. The highest BCUT2D eigenvalue weighted by Gasteiger charge is 2.15. The minimum Gasteiger partial charge on any atom is -0.471 e. The van der Waals surface area contributed by atoms with Crippen LogP contribution < -0.4 is 10.1 Å². The van der Waals surface area contributed by atoms with Gasteiger partial charge in [-0.05, 0) is 12.5 Å². The van der Waals surface area contributed by atoms with Crippen LogP contribution in [-0.4, -0.2) is 23.5 Å². The maximum Gasteiger partial charge on any atom is 0.235 e. The molecular formula is C11H13Cl2FN2O2. The molecule has 0 bridgehead atoms. The molecule has 1 aromatic rings. The van der Waals surface area contributed by atoms with E-state index < -0.39 is 5.95 Å². The van der Waals surface area contributed by atoms with E-state index in [9.17, 15) is 9.18 Å². The largest absolute Gasteiger partial charge is 0.471 e. The van der Waals surface area contributed by atoms with Crippen LogP contribution in [0.25, 0.3) is 0 Å². The number of carbonyl (C=O) groups is 1. The van der Waals surface area contributed by atoms with Gasteiger partial charge in [0.2, 0.25) is 17.7 Å². The molecule has 0 saturated heterocycles. The summed E-state index contributed by atoms with van der Waals surface area (Å²) in [7, 11) is 0. The highest BCUT2D eigenvalue weighted by atomic mass is 35.5. The van der Waals surface area contributed by atoms with E-state index in [4.69, 9.17) is 27.9 Å². The van der Waals surface area contributed by atoms with Gasteiger partial charge in [-0.15, -0.1) is 0 Å². The Morgan fingerprint density at radius 3 is 2.78 bits per heavy atom. The van der Waals surface area contributed by atoms with Crippen molar-refractivity contribution in [3.8, 4) is 5.88 Å². The number of amides is 1. The van der Waals surface area contributed by atoms with E-state index in [0.717, 1.165) is 0 Å². The van der Waals surface area contributed by atoms with Crippen molar-refractivity contribution in [3.05, 3.63) is 22.1 Å². The zero-order valence-electron chi connectivity index (χ0n) is 9.97. The number of pyridine rings is 1. The van der Waals surface area contributed by atoms with Crippen LogP contribution in [0.15, 0.2) is 6.07 Å². The first kappa shape index (κ1) is 15.0. The van der Waals surface area contributed by atoms with E-state index in [-0.39, 0.29) is 27.9 Å². The van der Waals surface area contributed by atoms with Gasteiger partial charge in [0.1, 0.15) is 11.1 Å². The van der Waals surface area contributed by atoms with Gasteiger partial charge in [-0.3, -0.25) is 4.79 Å². The van der Waals surface area contributed by atoms with E-state index in [1.54, 1.807) is 0 Å². The summed E-state index contributed by atoms with van der Waals surface area (Å²) in [5.74, 6) is -1.04. The quantitative estimate of drug-likeness (QED) is 0.850. The first-order valence-corrected chi connectivity index (χ1v) is 6.12. The summed E-state index contributed by atoms with van der Waals surface area (Å²) in [6, 6.07) is 1.23. The van der Waals surface area contributed by atoms with Crippen molar-refractivity contribution in [2.45, 2.75) is 26.4 Å². The first-order valence-electron chi connectivity index (χ1n) is 5.36. The van der Waals surface area contributed by atoms with Gasteiger partial charge in [0.05, 0.1) is 11.6 Å². The Labute approximate surface area is 114 Å². The third-order valence-corrected chi connectivity index (χ3v) is 2.70. The minimum absolute atomic E-state index is 0.0317. The molecule has 0 spiro atoms. The van der Waals surface area contributed by atoms with Crippen LogP contribution in [0.5, 0.6) is 5.88 Å². The molecule has 0 aliphatic heterocycles. The lowest BCUT2D eigenvalue weighted by molar-refractivity contribution is -0.119. The maximum atomic E-state index is 13.2. The van der Waals surface area contributed by atoms with Crippen LogP contribution in [0.3, 0.4) is 0 Å². The molecular weight excluding hydrogens is 282 g/mol. The fourth-order valence-electron chi connectivity index (χ4n) is 1.20. The molecule has 18 heavy (non-hydrogen) atoms. The number of ether oxygens (including phenoxy) is 1. The van der Waals surface area contributed by atoms with Crippen LogP contribution in [0.4, 0.5) is 4.39 Å². The van der Waals surface area contributed by atoms with Gasteiger partial charge in [0.25, 0.3) is 0 Å². The lowest BCUT2D eigenvalue weighted by atomic mass is 10.3. The highest BCUT2D eigenvalue weighted by Crippen LogP contribution is 2.27. The van der Waals surface area contributed by atoms with E-state index >= 15 is 0 Å². The molecule has 0 aromatic carbocycles. The van der Waals surface area contributed by atoms with Crippen LogP contribution in [-0.2, 0) is 4.79 Å². The number of nitrogens with zero attached hydrogens (tertiary/aromatic N) is 1. The molecule has 1 atom stereocenters. The molecule has 1 unspecified atom stereocenters. The van der Waals surface area contributed by atoms with Gasteiger partial charge < -0.3 is 10.1 Å². The van der Waals surface area contributed by atoms with Crippen LogP contribution >= 0.6 is 23.2 Å². The lowest BCUT2D eigenvalue weighted by Crippen LogP contribution is -2.33. The fourth-order valence-corrected chi connectivity index (χ4v) is 1.60. The van der Waals surface area contributed by atoms with Gasteiger partial charge in [-0.1, -0.05) is 30.1 Å². The molecule has 0 fully saturated rings. The van der Waals surface area contributed by atoms with E-state index in [0.29, 0.717) is 13.0 Å². The number of rotatable bonds is 5. The zero-order valence-corrected chi connectivity index (χ0v) is 11.5.